The Kier molecular flexibility index (Phi) is 6.09. The zero-order valence-corrected chi connectivity index (χ0v) is 15.5. The van der Waals surface area contributed by atoms with E-state index < -0.39 is 16.0 Å². The summed E-state index contributed by atoms with van der Waals surface area (Å²) in [5.74, 6) is -0.507. The maximum atomic E-state index is 12.4. The summed E-state index contributed by atoms with van der Waals surface area (Å²) in [6, 6.07) is 5.78. The topological polar surface area (TPSA) is 76.6 Å². The molecular weight excluding hydrogens is 348 g/mol. The highest BCUT2D eigenvalue weighted by Gasteiger charge is 2.21. The molecule has 1 heterocycles. The number of thiazole rings is 1. The van der Waals surface area contributed by atoms with Gasteiger partial charge in [0.1, 0.15) is 6.61 Å². The van der Waals surface area contributed by atoms with Crippen LogP contribution >= 0.6 is 11.3 Å². The highest BCUT2D eigenvalue weighted by atomic mass is 32.2. The second kappa shape index (κ2) is 7.87. The predicted octanol–water partition coefficient (Wildman–Crippen LogP) is 2.84. The molecule has 0 atom stereocenters. The van der Waals surface area contributed by atoms with Crippen LogP contribution in [0.4, 0.5) is 0 Å². The van der Waals surface area contributed by atoms with E-state index in [1.54, 1.807) is 13.8 Å². The number of ether oxygens (including phenoxy) is 1. The number of hydrogen-bond donors (Lipinski definition) is 0. The fourth-order valence-corrected chi connectivity index (χ4v) is 4.23. The molecule has 130 valence electrons. The third-order valence-electron chi connectivity index (χ3n) is 3.45. The molecule has 0 spiro atoms. The van der Waals surface area contributed by atoms with Gasteiger partial charge in [0.25, 0.3) is 0 Å². The molecule has 0 fully saturated rings. The van der Waals surface area contributed by atoms with Crippen LogP contribution in [0.15, 0.2) is 34.5 Å². The second-order valence-corrected chi connectivity index (χ2v) is 8.05. The molecule has 2 aromatic rings. The first kappa shape index (κ1) is 18.6. The van der Waals surface area contributed by atoms with Crippen molar-refractivity contribution < 1.29 is 17.9 Å². The first-order chi connectivity index (χ1) is 11.4. The van der Waals surface area contributed by atoms with Crippen molar-refractivity contribution in [1.82, 2.24) is 9.29 Å². The van der Waals surface area contributed by atoms with Crippen molar-refractivity contribution in [2.45, 2.75) is 32.3 Å². The summed E-state index contributed by atoms with van der Waals surface area (Å²) in [6.07, 6.45) is 0. The highest BCUT2D eigenvalue weighted by molar-refractivity contribution is 7.89. The molecule has 0 aliphatic rings. The molecule has 0 saturated heterocycles. The van der Waals surface area contributed by atoms with Gasteiger partial charge in [0.2, 0.25) is 10.0 Å². The lowest BCUT2D eigenvalue weighted by Crippen LogP contribution is -2.30. The number of rotatable bonds is 7. The van der Waals surface area contributed by atoms with Crippen molar-refractivity contribution in [2.75, 3.05) is 13.1 Å². The molecular formula is C16H20N2O4S2. The van der Waals surface area contributed by atoms with E-state index in [0.29, 0.717) is 24.3 Å². The number of hydrogen-bond acceptors (Lipinski definition) is 6. The van der Waals surface area contributed by atoms with Gasteiger partial charge in [-0.15, -0.1) is 11.3 Å². The summed E-state index contributed by atoms with van der Waals surface area (Å²) in [4.78, 5) is 16.4. The van der Waals surface area contributed by atoms with Crippen molar-refractivity contribution in [2.24, 2.45) is 0 Å². The average Bonchev–Trinajstić information content (AvgIpc) is 2.99. The molecule has 0 radical (unpaired) electrons. The lowest BCUT2D eigenvalue weighted by molar-refractivity contribution is 0.0468. The predicted molar refractivity (Wildman–Crippen MR) is 92.5 cm³/mol. The average molecular weight is 368 g/mol. The highest BCUT2D eigenvalue weighted by Crippen LogP contribution is 2.17. The molecule has 0 unspecified atom stereocenters. The third kappa shape index (κ3) is 4.19. The van der Waals surface area contributed by atoms with Gasteiger partial charge < -0.3 is 4.74 Å². The summed E-state index contributed by atoms with van der Waals surface area (Å²) in [6.45, 7) is 6.35. The molecule has 8 heteroatoms. The number of aryl methyl sites for hydroxylation is 1. The number of aromatic nitrogens is 1. The first-order valence-corrected chi connectivity index (χ1v) is 9.88. The van der Waals surface area contributed by atoms with Gasteiger partial charge in [0.15, 0.2) is 0 Å². The van der Waals surface area contributed by atoms with Crippen LogP contribution in [0.2, 0.25) is 0 Å². The maximum Gasteiger partial charge on any atom is 0.338 e. The zero-order chi connectivity index (χ0) is 17.7. The monoisotopic (exact) mass is 368 g/mol. The van der Waals surface area contributed by atoms with E-state index in [1.807, 2.05) is 12.3 Å². The summed E-state index contributed by atoms with van der Waals surface area (Å²) >= 11 is 1.49. The molecule has 0 amide bonds. The van der Waals surface area contributed by atoms with E-state index in [4.69, 9.17) is 4.74 Å². The number of sulfonamides is 1. The van der Waals surface area contributed by atoms with Crippen LogP contribution in [0.1, 0.15) is 34.9 Å². The van der Waals surface area contributed by atoms with Crippen molar-refractivity contribution in [3.8, 4) is 0 Å². The second-order valence-electron chi connectivity index (χ2n) is 5.05. The Morgan fingerprint density at radius 3 is 2.33 bits per heavy atom. The lowest BCUT2D eigenvalue weighted by atomic mass is 10.2. The standard InChI is InChI=1S/C16H20N2O4S2/c1-4-18(5-2)24(20,21)15-8-6-13(7-9-15)16(19)22-10-14-11-23-12(3)17-14/h6-9,11H,4-5,10H2,1-3H3. The van der Waals surface area contributed by atoms with Gasteiger partial charge in [-0.3, -0.25) is 0 Å². The summed E-state index contributed by atoms with van der Waals surface area (Å²) in [5.41, 5.74) is 1.01. The van der Waals surface area contributed by atoms with Gasteiger partial charge in [0, 0.05) is 18.5 Å². The summed E-state index contributed by atoms with van der Waals surface area (Å²) in [5, 5.41) is 2.74. The van der Waals surface area contributed by atoms with E-state index in [2.05, 4.69) is 4.98 Å². The molecule has 24 heavy (non-hydrogen) atoms. The third-order valence-corrected chi connectivity index (χ3v) is 6.34. The van der Waals surface area contributed by atoms with Crippen molar-refractivity contribution in [1.29, 1.82) is 0 Å². The zero-order valence-electron chi connectivity index (χ0n) is 13.9. The van der Waals surface area contributed by atoms with Gasteiger partial charge in [-0.05, 0) is 31.2 Å². The van der Waals surface area contributed by atoms with Gasteiger partial charge in [-0.2, -0.15) is 4.31 Å². The molecule has 0 saturated carbocycles. The van der Waals surface area contributed by atoms with Gasteiger partial charge >= 0.3 is 5.97 Å². The normalized spacial score (nSPS) is 11.7. The Balaban J connectivity index is 2.07. The minimum absolute atomic E-state index is 0.0999. The van der Waals surface area contributed by atoms with E-state index in [9.17, 15) is 13.2 Å². The summed E-state index contributed by atoms with van der Waals surface area (Å²) < 4.78 is 31.3. The van der Waals surface area contributed by atoms with Gasteiger partial charge in [-0.25, -0.2) is 18.2 Å². The Bertz CT molecular complexity index is 794. The number of nitrogens with zero attached hydrogens (tertiary/aromatic N) is 2. The molecule has 0 aliphatic heterocycles. The Morgan fingerprint density at radius 2 is 1.83 bits per heavy atom. The molecule has 0 N–H and O–H groups in total. The number of esters is 1. The largest absolute Gasteiger partial charge is 0.456 e. The summed E-state index contributed by atoms with van der Waals surface area (Å²) in [7, 11) is -3.52. The van der Waals surface area contributed by atoms with Gasteiger partial charge in [-0.1, -0.05) is 13.8 Å². The van der Waals surface area contributed by atoms with E-state index in [1.165, 1.54) is 39.9 Å². The number of carbonyl (C=O) groups is 1. The van der Waals surface area contributed by atoms with E-state index in [-0.39, 0.29) is 11.5 Å². The number of carbonyl (C=O) groups excluding carboxylic acids is 1. The first-order valence-electron chi connectivity index (χ1n) is 7.56. The molecule has 1 aromatic carbocycles. The van der Waals surface area contributed by atoms with Crippen molar-refractivity contribution in [3.05, 3.63) is 45.9 Å². The van der Waals surface area contributed by atoms with Crippen molar-refractivity contribution >= 4 is 27.3 Å². The fourth-order valence-electron chi connectivity index (χ4n) is 2.17. The van der Waals surface area contributed by atoms with Crippen LogP contribution in [0.5, 0.6) is 0 Å². The van der Waals surface area contributed by atoms with Crippen LogP contribution < -0.4 is 0 Å². The minimum Gasteiger partial charge on any atom is -0.456 e. The lowest BCUT2D eigenvalue weighted by Gasteiger charge is -2.18. The molecule has 1 aromatic heterocycles. The Hall–Kier alpha value is -1.77. The van der Waals surface area contributed by atoms with Crippen LogP contribution in [0.25, 0.3) is 0 Å². The van der Waals surface area contributed by atoms with Crippen LogP contribution in [-0.4, -0.2) is 36.8 Å². The smallest absolute Gasteiger partial charge is 0.338 e. The Labute approximate surface area is 146 Å². The molecule has 0 aliphatic carbocycles. The fraction of sp³-hybridized carbons (Fsp3) is 0.375. The van der Waals surface area contributed by atoms with Crippen LogP contribution in [0, 0.1) is 6.92 Å². The quantitative estimate of drug-likeness (QED) is 0.703. The van der Waals surface area contributed by atoms with Crippen LogP contribution in [-0.2, 0) is 21.4 Å². The maximum absolute atomic E-state index is 12.4. The Morgan fingerprint density at radius 1 is 1.21 bits per heavy atom. The minimum atomic E-state index is -3.52. The van der Waals surface area contributed by atoms with Crippen molar-refractivity contribution in [3.63, 3.8) is 0 Å². The number of benzene rings is 1. The van der Waals surface area contributed by atoms with Crippen LogP contribution in [0.3, 0.4) is 0 Å². The SMILES string of the molecule is CCN(CC)S(=O)(=O)c1ccc(C(=O)OCc2csc(C)n2)cc1. The molecule has 2 rings (SSSR count). The molecule has 0 bridgehead atoms. The van der Waals surface area contributed by atoms with E-state index >= 15 is 0 Å². The van der Waals surface area contributed by atoms with E-state index in [0.717, 1.165) is 5.01 Å². The molecule has 6 nitrogen and oxygen atoms in total. The van der Waals surface area contributed by atoms with Gasteiger partial charge in [0.05, 0.1) is 21.2 Å².